The summed E-state index contributed by atoms with van der Waals surface area (Å²) in [6.07, 6.45) is 0.753. The summed E-state index contributed by atoms with van der Waals surface area (Å²) in [4.78, 5) is 22.5. The Kier molecular flexibility index (Phi) is 11.4. The van der Waals surface area contributed by atoms with Gasteiger partial charge in [0.25, 0.3) is 5.91 Å². The molecule has 1 aromatic heterocycles. The van der Waals surface area contributed by atoms with Crippen molar-refractivity contribution in [3.05, 3.63) is 42.0 Å². The van der Waals surface area contributed by atoms with E-state index in [-0.39, 0.29) is 35.0 Å². The average Bonchev–Trinajstić information content (AvgIpc) is 3.30. The van der Waals surface area contributed by atoms with Crippen molar-refractivity contribution in [2.45, 2.75) is 39.0 Å². The minimum Gasteiger partial charge on any atom is -0.486 e. The van der Waals surface area contributed by atoms with E-state index in [2.05, 4.69) is 4.90 Å². The number of carbonyl (C=O) groups excluding carboxylic acids is 1. The van der Waals surface area contributed by atoms with E-state index in [0.717, 1.165) is 23.2 Å². The van der Waals surface area contributed by atoms with Gasteiger partial charge < -0.3 is 14.4 Å². The zero-order chi connectivity index (χ0) is 29.0. The highest BCUT2D eigenvalue weighted by Crippen LogP contribution is 2.39. The molecule has 2 heterocycles. The van der Waals surface area contributed by atoms with Gasteiger partial charge in [0.05, 0.1) is 15.1 Å². The van der Waals surface area contributed by atoms with E-state index in [9.17, 15) is 13.2 Å². The molecule has 0 bridgehead atoms. The second-order valence-corrected chi connectivity index (χ2v) is 14.2. The van der Waals surface area contributed by atoms with Gasteiger partial charge in [0.15, 0.2) is 16.6 Å². The summed E-state index contributed by atoms with van der Waals surface area (Å²) >= 11 is 1.42. The maximum atomic E-state index is 13.8. The number of anilines is 1. The Morgan fingerprint density at radius 1 is 0.951 bits per heavy atom. The molecule has 0 spiro atoms. The predicted octanol–water partition coefficient (Wildman–Crippen LogP) is 5.39. The largest absolute Gasteiger partial charge is 0.486 e. The number of amides is 1. The lowest BCUT2D eigenvalue weighted by Gasteiger charge is -2.26. The number of carbonyl (C=O) groups is 1. The second kappa shape index (κ2) is 14.2. The third kappa shape index (κ3) is 8.10. The maximum Gasteiger partial charge on any atom is 0.260 e. The highest BCUT2D eigenvalue weighted by molar-refractivity contribution is 7.89. The van der Waals surface area contributed by atoms with Gasteiger partial charge in [0, 0.05) is 37.3 Å². The Balaban J connectivity index is 0.00000462. The van der Waals surface area contributed by atoms with Gasteiger partial charge in [0.2, 0.25) is 10.0 Å². The number of thiazole rings is 1. The van der Waals surface area contributed by atoms with Crippen molar-refractivity contribution in [3.63, 3.8) is 0 Å². The Morgan fingerprint density at radius 2 is 1.54 bits per heavy atom. The summed E-state index contributed by atoms with van der Waals surface area (Å²) in [6, 6.07) is 10.0. The van der Waals surface area contributed by atoms with E-state index in [1.165, 1.54) is 23.5 Å². The summed E-state index contributed by atoms with van der Waals surface area (Å²) in [7, 11) is 0.304. The number of fused-ring (bicyclic) bond motifs is 2. The molecule has 3 aromatic rings. The molecule has 0 unspecified atom stereocenters. The highest BCUT2D eigenvalue weighted by Gasteiger charge is 2.27. The molecule has 0 radical (unpaired) electrons. The van der Waals surface area contributed by atoms with Crippen LogP contribution in [0.5, 0.6) is 11.5 Å². The monoisotopic (exact) mass is 624 g/mol. The first kappa shape index (κ1) is 33.1. The molecule has 1 amide bonds. The third-order valence-corrected chi connectivity index (χ3v) is 9.27. The number of nitrogens with zero attached hydrogens (tertiary/aromatic N) is 4. The Morgan fingerprint density at radius 3 is 2.10 bits per heavy atom. The van der Waals surface area contributed by atoms with Crippen LogP contribution in [0, 0.1) is 11.8 Å². The van der Waals surface area contributed by atoms with Crippen LogP contribution >= 0.6 is 23.7 Å². The number of aromatic nitrogens is 1. The van der Waals surface area contributed by atoms with Crippen molar-refractivity contribution in [1.29, 1.82) is 0 Å². The molecular formula is C29H41ClN4O5S2. The molecule has 0 atom stereocenters. The van der Waals surface area contributed by atoms with Crippen molar-refractivity contribution in [2.75, 3.05) is 58.4 Å². The van der Waals surface area contributed by atoms with Crippen molar-refractivity contribution in [1.82, 2.24) is 14.2 Å². The van der Waals surface area contributed by atoms with Crippen LogP contribution in [0.15, 0.2) is 41.3 Å². The van der Waals surface area contributed by atoms with E-state index in [4.69, 9.17) is 14.5 Å². The van der Waals surface area contributed by atoms with Crippen molar-refractivity contribution >= 4 is 55.0 Å². The van der Waals surface area contributed by atoms with Crippen molar-refractivity contribution in [2.24, 2.45) is 11.8 Å². The molecule has 0 saturated carbocycles. The fourth-order valence-electron chi connectivity index (χ4n) is 4.56. The van der Waals surface area contributed by atoms with Gasteiger partial charge in [0.1, 0.15) is 13.2 Å². The molecule has 0 aliphatic carbocycles. The molecule has 12 heteroatoms. The van der Waals surface area contributed by atoms with E-state index >= 15 is 0 Å². The lowest BCUT2D eigenvalue weighted by atomic mass is 10.2. The summed E-state index contributed by atoms with van der Waals surface area (Å²) in [5.74, 6) is 1.51. The van der Waals surface area contributed by atoms with Crippen LogP contribution in [0.25, 0.3) is 10.2 Å². The van der Waals surface area contributed by atoms with Crippen LogP contribution in [0.2, 0.25) is 0 Å². The van der Waals surface area contributed by atoms with Crippen LogP contribution in [0.3, 0.4) is 0 Å². The van der Waals surface area contributed by atoms with Gasteiger partial charge in [-0.15, -0.1) is 12.4 Å². The smallest absolute Gasteiger partial charge is 0.260 e. The summed E-state index contributed by atoms with van der Waals surface area (Å²) in [5, 5.41) is 0.581. The van der Waals surface area contributed by atoms with Gasteiger partial charge in [-0.2, -0.15) is 4.31 Å². The van der Waals surface area contributed by atoms with Gasteiger partial charge in [-0.3, -0.25) is 9.69 Å². The maximum absolute atomic E-state index is 13.8. The molecule has 0 saturated heterocycles. The SMILES string of the molecule is CC(C)CN(CC(C)C)S(=O)(=O)c1ccc(C(=O)N(CCCN(C)C)c2nc3cc4c(cc3s2)OCCO4)cc1.Cl. The van der Waals surface area contributed by atoms with E-state index < -0.39 is 10.0 Å². The van der Waals surface area contributed by atoms with Gasteiger partial charge in [-0.1, -0.05) is 39.0 Å². The zero-order valence-corrected chi connectivity index (χ0v) is 27.1. The molecule has 226 valence electrons. The zero-order valence-electron chi connectivity index (χ0n) is 24.6. The number of hydrogen-bond donors (Lipinski definition) is 0. The normalized spacial score (nSPS) is 13.3. The fourth-order valence-corrected chi connectivity index (χ4v) is 7.32. The van der Waals surface area contributed by atoms with E-state index in [1.54, 1.807) is 21.3 Å². The molecule has 1 aliphatic heterocycles. The standard InChI is InChI=1S/C29H40N4O5S2.ClH/c1-20(2)18-32(19-21(3)4)40(35,36)23-10-8-22(9-11-23)28(34)33(13-7-12-31(5)6)29-30-24-16-25-26(17-27(24)39-29)38-15-14-37-25;/h8-11,16-17,20-21H,7,12-15,18-19H2,1-6H3;1H. The molecule has 4 rings (SSSR count). The minimum absolute atomic E-state index is 0. The minimum atomic E-state index is -3.69. The predicted molar refractivity (Wildman–Crippen MR) is 168 cm³/mol. The molecule has 41 heavy (non-hydrogen) atoms. The number of halogens is 1. The average molecular weight is 625 g/mol. The Bertz CT molecular complexity index is 1370. The first-order chi connectivity index (χ1) is 19.0. The van der Waals surface area contributed by atoms with Crippen LogP contribution in [0.4, 0.5) is 5.13 Å². The number of ether oxygens (including phenoxy) is 2. The van der Waals surface area contributed by atoms with E-state index in [1.807, 2.05) is 53.9 Å². The lowest BCUT2D eigenvalue weighted by Crippen LogP contribution is -2.37. The summed E-state index contributed by atoms with van der Waals surface area (Å²) in [6.45, 7) is 11.2. The fraction of sp³-hybridized carbons (Fsp3) is 0.517. The van der Waals surface area contributed by atoms with Crippen molar-refractivity contribution < 1.29 is 22.7 Å². The van der Waals surface area contributed by atoms with Crippen LogP contribution < -0.4 is 14.4 Å². The molecule has 9 nitrogen and oxygen atoms in total. The molecular weight excluding hydrogens is 584 g/mol. The number of benzene rings is 2. The third-order valence-electron chi connectivity index (χ3n) is 6.38. The quantitative estimate of drug-likeness (QED) is 0.267. The number of hydrogen-bond acceptors (Lipinski definition) is 8. The molecule has 2 aromatic carbocycles. The van der Waals surface area contributed by atoms with Crippen LogP contribution in [0.1, 0.15) is 44.5 Å². The van der Waals surface area contributed by atoms with Crippen LogP contribution in [-0.4, -0.2) is 82.0 Å². The summed E-state index contributed by atoms with van der Waals surface area (Å²) < 4.78 is 40.8. The van der Waals surface area contributed by atoms with Crippen molar-refractivity contribution in [3.8, 4) is 11.5 Å². The second-order valence-electron chi connectivity index (χ2n) is 11.2. The van der Waals surface area contributed by atoms with Crippen LogP contribution in [-0.2, 0) is 10.0 Å². The summed E-state index contributed by atoms with van der Waals surface area (Å²) in [5.41, 5.74) is 1.15. The molecule has 0 fully saturated rings. The molecule has 1 aliphatic rings. The first-order valence-electron chi connectivity index (χ1n) is 13.7. The Labute approximate surface area is 253 Å². The highest BCUT2D eigenvalue weighted by atomic mass is 35.5. The molecule has 0 N–H and O–H groups in total. The lowest BCUT2D eigenvalue weighted by molar-refractivity contribution is 0.0986. The number of sulfonamides is 1. The van der Waals surface area contributed by atoms with Gasteiger partial charge >= 0.3 is 0 Å². The van der Waals surface area contributed by atoms with Gasteiger partial charge in [-0.05, 0) is 63.2 Å². The Hall–Kier alpha value is -2.44. The van der Waals surface area contributed by atoms with Gasteiger partial charge in [-0.25, -0.2) is 13.4 Å². The number of rotatable bonds is 12. The first-order valence-corrected chi connectivity index (χ1v) is 16.0. The van der Waals surface area contributed by atoms with E-state index in [0.29, 0.717) is 55.0 Å². The topological polar surface area (TPSA) is 92.3 Å².